The molecule has 0 aliphatic rings. The van der Waals surface area contributed by atoms with Crippen LogP contribution < -0.4 is 5.32 Å². The number of ether oxygens (including phenoxy) is 1. The Morgan fingerprint density at radius 2 is 0.881 bits per heavy atom. The van der Waals surface area contributed by atoms with Crippen LogP contribution in [0, 0.1) is 0 Å². The number of allylic oxidation sites excluding steroid dienone is 8. The summed E-state index contributed by atoms with van der Waals surface area (Å²) >= 11 is 0. The highest BCUT2D eigenvalue weighted by Gasteiger charge is 2.19. The molecule has 0 bridgehead atoms. The maximum atomic E-state index is 12.4. The number of hydrogen-bond donors (Lipinski definition) is 3. The van der Waals surface area contributed by atoms with Gasteiger partial charge in [-0.05, 0) is 70.6 Å². The molecule has 6 heteroatoms. The first kappa shape index (κ1) is 56.8. The van der Waals surface area contributed by atoms with Crippen molar-refractivity contribution in [2.24, 2.45) is 0 Å². The fourth-order valence-electron chi connectivity index (χ4n) is 7.41. The molecule has 0 aliphatic heterocycles. The minimum Gasteiger partial charge on any atom is -0.466 e. The van der Waals surface area contributed by atoms with E-state index in [1.165, 1.54) is 148 Å². The average molecular weight is 828 g/mol. The molecule has 2 atom stereocenters. The summed E-state index contributed by atoms with van der Waals surface area (Å²) in [5, 5.41) is 23.1. The first-order valence-corrected chi connectivity index (χ1v) is 25.4. The Labute approximate surface area is 366 Å². The van der Waals surface area contributed by atoms with E-state index in [2.05, 4.69) is 61.7 Å². The van der Waals surface area contributed by atoms with Crippen molar-refractivity contribution in [3.05, 3.63) is 48.6 Å². The normalized spacial score (nSPS) is 13.1. The Morgan fingerprint density at radius 1 is 0.475 bits per heavy atom. The summed E-state index contributed by atoms with van der Waals surface area (Å²) in [5.74, 6) is -0.150. The molecule has 3 N–H and O–H groups in total. The maximum absolute atomic E-state index is 12.4. The van der Waals surface area contributed by atoms with Crippen LogP contribution in [-0.4, -0.2) is 47.4 Å². The number of nitrogens with one attached hydrogen (secondary N) is 1. The van der Waals surface area contributed by atoms with E-state index in [0.29, 0.717) is 32.3 Å². The van der Waals surface area contributed by atoms with Gasteiger partial charge in [0.1, 0.15) is 0 Å². The van der Waals surface area contributed by atoms with Gasteiger partial charge in [-0.2, -0.15) is 0 Å². The predicted octanol–water partition coefficient (Wildman–Crippen LogP) is 15.1. The molecule has 0 rings (SSSR count). The summed E-state index contributed by atoms with van der Waals surface area (Å²) in [6.45, 7) is 4.83. The number of rotatable bonds is 46. The zero-order chi connectivity index (χ0) is 43.0. The SMILES string of the molecule is CCCC/C=C\C/C=C\CCCCCCCC(=O)OCCCCCCCC/C=C\C/C=C\CCC(=O)NC(CO)C(O)CCCCCCCCCCCCCCCCC. The third-order valence-electron chi connectivity index (χ3n) is 11.4. The van der Waals surface area contributed by atoms with Crippen molar-refractivity contribution in [2.45, 2.75) is 264 Å². The Kier molecular flexibility index (Phi) is 46.7. The monoisotopic (exact) mass is 828 g/mol. The van der Waals surface area contributed by atoms with Crippen LogP contribution in [0.15, 0.2) is 48.6 Å². The van der Waals surface area contributed by atoms with E-state index >= 15 is 0 Å². The fourth-order valence-corrected chi connectivity index (χ4v) is 7.41. The molecule has 6 nitrogen and oxygen atoms in total. The minimum atomic E-state index is -0.700. The van der Waals surface area contributed by atoms with Crippen molar-refractivity contribution in [1.82, 2.24) is 5.32 Å². The molecule has 59 heavy (non-hydrogen) atoms. The lowest BCUT2D eigenvalue weighted by Crippen LogP contribution is -2.45. The number of unbranched alkanes of at least 4 members (excludes halogenated alkanes) is 27. The Balaban J connectivity index is 3.58. The van der Waals surface area contributed by atoms with Crippen molar-refractivity contribution in [2.75, 3.05) is 13.2 Å². The smallest absolute Gasteiger partial charge is 0.305 e. The molecule has 0 fully saturated rings. The van der Waals surface area contributed by atoms with Gasteiger partial charge in [-0.1, -0.05) is 217 Å². The lowest BCUT2D eigenvalue weighted by atomic mass is 10.0. The second-order valence-corrected chi connectivity index (χ2v) is 17.1. The highest BCUT2D eigenvalue weighted by Crippen LogP contribution is 2.15. The van der Waals surface area contributed by atoms with Gasteiger partial charge in [0.25, 0.3) is 0 Å². The van der Waals surface area contributed by atoms with Crippen LogP contribution in [0.4, 0.5) is 0 Å². The lowest BCUT2D eigenvalue weighted by Gasteiger charge is -2.22. The van der Waals surface area contributed by atoms with Gasteiger partial charge >= 0.3 is 5.97 Å². The van der Waals surface area contributed by atoms with E-state index in [1.54, 1.807) is 0 Å². The van der Waals surface area contributed by atoms with Crippen molar-refractivity contribution >= 4 is 11.9 Å². The molecular formula is C53H97NO5. The molecule has 0 saturated carbocycles. The quantitative estimate of drug-likeness (QED) is 0.0323. The molecule has 0 heterocycles. The maximum Gasteiger partial charge on any atom is 0.305 e. The van der Waals surface area contributed by atoms with Crippen LogP contribution in [0.3, 0.4) is 0 Å². The number of hydrogen-bond acceptors (Lipinski definition) is 5. The van der Waals surface area contributed by atoms with Crippen LogP contribution in [0.1, 0.15) is 251 Å². The second kappa shape index (κ2) is 48.5. The first-order chi connectivity index (χ1) is 29.0. The minimum absolute atomic E-state index is 0.0324. The van der Waals surface area contributed by atoms with E-state index in [-0.39, 0.29) is 18.5 Å². The Morgan fingerprint density at radius 3 is 1.37 bits per heavy atom. The first-order valence-electron chi connectivity index (χ1n) is 25.4. The van der Waals surface area contributed by atoms with Gasteiger partial charge < -0.3 is 20.3 Å². The molecule has 0 aromatic rings. The molecule has 0 spiro atoms. The number of aliphatic hydroxyl groups is 2. The molecule has 0 saturated heterocycles. The largest absolute Gasteiger partial charge is 0.466 e. The van der Waals surface area contributed by atoms with Gasteiger partial charge in [-0.15, -0.1) is 0 Å². The molecular weight excluding hydrogens is 731 g/mol. The zero-order valence-electron chi connectivity index (χ0n) is 39.0. The van der Waals surface area contributed by atoms with Gasteiger partial charge in [0.2, 0.25) is 5.91 Å². The van der Waals surface area contributed by atoms with Crippen LogP contribution in [-0.2, 0) is 14.3 Å². The summed E-state index contributed by atoms with van der Waals surface area (Å²) in [4.78, 5) is 24.4. The fraction of sp³-hybridized carbons (Fsp3) is 0.811. The summed E-state index contributed by atoms with van der Waals surface area (Å²) in [5.41, 5.74) is 0. The molecule has 0 aromatic carbocycles. The van der Waals surface area contributed by atoms with Crippen LogP contribution in [0.5, 0.6) is 0 Å². The third-order valence-corrected chi connectivity index (χ3v) is 11.4. The molecule has 344 valence electrons. The van der Waals surface area contributed by atoms with Crippen molar-refractivity contribution in [1.29, 1.82) is 0 Å². The van der Waals surface area contributed by atoms with Gasteiger partial charge in [0.15, 0.2) is 0 Å². The van der Waals surface area contributed by atoms with E-state index in [9.17, 15) is 19.8 Å². The number of carbonyl (C=O) groups is 2. The standard InChI is InChI=1S/C53H97NO5/c1-3-5-7-9-11-13-15-17-19-21-25-29-33-37-41-45-51(56)50(49-55)54-52(57)46-42-38-34-30-26-22-20-24-28-32-36-40-44-48-59-53(58)47-43-39-35-31-27-23-18-16-14-12-10-8-6-4-2/h10,12,16,18,22,26,34,38,50-51,55-56H,3-9,11,13-15,17,19-21,23-25,27-33,35-37,39-49H2,1-2H3,(H,54,57)/b12-10-,18-16-,26-22-,38-34-. The molecule has 2 unspecified atom stereocenters. The predicted molar refractivity (Wildman–Crippen MR) is 255 cm³/mol. The molecule has 0 radical (unpaired) electrons. The van der Waals surface area contributed by atoms with Gasteiger partial charge in [-0.3, -0.25) is 9.59 Å². The molecule has 0 aliphatic carbocycles. The number of esters is 1. The highest BCUT2D eigenvalue weighted by molar-refractivity contribution is 5.76. The highest BCUT2D eigenvalue weighted by atomic mass is 16.5. The summed E-state index contributed by atoms with van der Waals surface area (Å²) < 4.78 is 5.44. The Hall–Kier alpha value is -2.18. The second-order valence-electron chi connectivity index (χ2n) is 17.1. The van der Waals surface area contributed by atoms with Gasteiger partial charge in [0.05, 0.1) is 25.4 Å². The van der Waals surface area contributed by atoms with Crippen LogP contribution in [0.2, 0.25) is 0 Å². The number of aliphatic hydroxyl groups excluding tert-OH is 2. The topological polar surface area (TPSA) is 95.9 Å². The molecule has 0 aromatic heterocycles. The molecule has 1 amide bonds. The van der Waals surface area contributed by atoms with Crippen molar-refractivity contribution in [3.63, 3.8) is 0 Å². The van der Waals surface area contributed by atoms with Gasteiger partial charge in [0, 0.05) is 12.8 Å². The van der Waals surface area contributed by atoms with Crippen LogP contribution >= 0.6 is 0 Å². The number of amides is 1. The van der Waals surface area contributed by atoms with E-state index in [0.717, 1.165) is 64.2 Å². The zero-order valence-corrected chi connectivity index (χ0v) is 39.0. The van der Waals surface area contributed by atoms with E-state index in [4.69, 9.17) is 4.74 Å². The summed E-state index contributed by atoms with van der Waals surface area (Å²) in [6, 6.07) is -0.586. The van der Waals surface area contributed by atoms with Crippen LogP contribution in [0.25, 0.3) is 0 Å². The number of carbonyl (C=O) groups excluding carboxylic acids is 2. The van der Waals surface area contributed by atoms with E-state index < -0.39 is 12.1 Å². The lowest BCUT2D eigenvalue weighted by molar-refractivity contribution is -0.143. The third kappa shape index (κ3) is 45.2. The van der Waals surface area contributed by atoms with Crippen molar-refractivity contribution in [3.8, 4) is 0 Å². The van der Waals surface area contributed by atoms with E-state index in [1.807, 2.05) is 6.08 Å². The van der Waals surface area contributed by atoms with Gasteiger partial charge in [-0.25, -0.2) is 0 Å². The van der Waals surface area contributed by atoms with Crippen molar-refractivity contribution < 1.29 is 24.5 Å². The average Bonchev–Trinajstić information content (AvgIpc) is 3.24. The Bertz CT molecular complexity index is 1000. The summed E-state index contributed by atoms with van der Waals surface area (Å²) in [6.07, 6.45) is 59.4. The summed E-state index contributed by atoms with van der Waals surface area (Å²) in [7, 11) is 0.